The predicted octanol–water partition coefficient (Wildman–Crippen LogP) is 4.83. The molecule has 0 heterocycles. The fourth-order valence-corrected chi connectivity index (χ4v) is 3.39. The molecule has 3 rings (SSSR count). The molecule has 0 aromatic heterocycles. The van der Waals surface area contributed by atoms with Gasteiger partial charge in [0, 0.05) is 10.6 Å². The lowest BCUT2D eigenvalue weighted by molar-refractivity contribution is 0.0693. The van der Waals surface area contributed by atoms with Gasteiger partial charge in [0.2, 0.25) is 0 Å². The Morgan fingerprint density at radius 3 is 2.48 bits per heavy atom. The first kappa shape index (κ1) is 13.7. The van der Waals surface area contributed by atoms with Gasteiger partial charge in [-0.3, -0.25) is 0 Å². The molecule has 0 spiro atoms. The first-order valence-electron chi connectivity index (χ1n) is 6.67. The lowest BCUT2D eigenvalue weighted by atomic mass is 10.1. The van der Waals surface area contributed by atoms with Crippen molar-refractivity contribution in [3.05, 3.63) is 77.9 Å². The van der Waals surface area contributed by atoms with Crippen molar-refractivity contribution in [1.29, 1.82) is 0 Å². The van der Waals surface area contributed by atoms with Gasteiger partial charge in [0.05, 0.1) is 5.56 Å². The molecule has 0 aliphatic heterocycles. The molecule has 0 amide bonds. The van der Waals surface area contributed by atoms with Crippen molar-refractivity contribution in [2.24, 2.45) is 0 Å². The first-order chi connectivity index (χ1) is 10.3. The second-order valence-electron chi connectivity index (χ2n) is 4.73. The zero-order valence-corrected chi connectivity index (χ0v) is 12.1. The number of hydrogen-bond donors (Lipinski definition) is 1. The minimum absolute atomic E-state index is 0.364. The number of fused-ring (bicyclic) bond motifs is 1. The van der Waals surface area contributed by atoms with Crippen molar-refractivity contribution in [3.63, 3.8) is 0 Å². The maximum atomic E-state index is 11.2. The highest BCUT2D eigenvalue weighted by Crippen LogP contribution is 2.29. The summed E-state index contributed by atoms with van der Waals surface area (Å²) in [5.74, 6) is -0.123. The fourth-order valence-electron chi connectivity index (χ4n) is 2.34. The summed E-state index contributed by atoms with van der Waals surface area (Å²) in [5.41, 5.74) is 1.58. The Morgan fingerprint density at radius 2 is 1.62 bits per heavy atom. The Balaban J connectivity index is 1.89. The zero-order valence-electron chi connectivity index (χ0n) is 11.3. The quantitative estimate of drug-likeness (QED) is 0.700. The summed E-state index contributed by atoms with van der Waals surface area (Å²) in [6.45, 7) is 0. The molecule has 0 unspecified atom stereocenters. The normalized spacial score (nSPS) is 10.7. The van der Waals surface area contributed by atoms with Crippen molar-refractivity contribution in [1.82, 2.24) is 0 Å². The molecule has 0 aliphatic carbocycles. The summed E-state index contributed by atoms with van der Waals surface area (Å²) in [6, 6.07) is 21.6. The topological polar surface area (TPSA) is 37.3 Å². The third-order valence-electron chi connectivity index (χ3n) is 3.38. The second-order valence-corrected chi connectivity index (χ2v) is 5.75. The average Bonchev–Trinajstić information content (AvgIpc) is 2.53. The van der Waals surface area contributed by atoms with Gasteiger partial charge in [0.15, 0.2) is 0 Å². The molecule has 104 valence electrons. The van der Waals surface area contributed by atoms with Gasteiger partial charge >= 0.3 is 5.97 Å². The summed E-state index contributed by atoms with van der Waals surface area (Å²) in [4.78, 5) is 12.0. The number of carboxylic acid groups (broad SMARTS) is 1. The van der Waals surface area contributed by atoms with E-state index < -0.39 is 5.97 Å². The summed E-state index contributed by atoms with van der Waals surface area (Å²) >= 11 is 1.56. The van der Waals surface area contributed by atoms with Gasteiger partial charge in [0.25, 0.3) is 0 Å². The molecule has 0 saturated heterocycles. The van der Waals surface area contributed by atoms with E-state index >= 15 is 0 Å². The van der Waals surface area contributed by atoms with Gasteiger partial charge in [-0.15, -0.1) is 11.8 Å². The molecule has 0 radical (unpaired) electrons. The van der Waals surface area contributed by atoms with E-state index in [0.717, 1.165) is 10.6 Å². The molecule has 0 aliphatic rings. The molecule has 0 atom stereocenters. The first-order valence-corrected chi connectivity index (χ1v) is 7.66. The van der Waals surface area contributed by atoms with Gasteiger partial charge in [0.1, 0.15) is 0 Å². The number of hydrogen-bond acceptors (Lipinski definition) is 2. The van der Waals surface area contributed by atoms with Crippen LogP contribution in [-0.2, 0) is 5.75 Å². The number of thioether (sulfide) groups is 1. The number of rotatable bonds is 4. The molecule has 21 heavy (non-hydrogen) atoms. The third-order valence-corrected chi connectivity index (χ3v) is 4.50. The van der Waals surface area contributed by atoms with Crippen LogP contribution in [0.1, 0.15) is 15.9 Å². The number of aromatic carboxylic acids is 1. The van der Waals surface area contributed by atoms with Crippen LogP contribution in [0.25, 0.3) is 10.8 Å². The number of carboxylic acids is 1. The van der Waals surface area contributed by atoms with E-state index in [9.17, 15) is 9.90 Å². The van der Waals surface area contributed by atoms with Crippen LogP contribution in [0.2, 0.25) is 0 Å². The van der Waals surface area contributed by atoms with Crippen LogP contribution >= 0.6 is 11.8 Å². The van der Waals surface area contributed by atoms with Crippen LogP contribution < -0.4 is 0 Å². The van der Waals surface area contributed by atoms with Crippen molar-refractivity contribution >= 4 is 28.5 Å². The van der Waals surface area contributed by atoms with E-state index in [-0.39, 0.29) is 0 Å². The van der Waals surface area contributed by atoms with E-state index in [0.29, 0.717) is 5.56 Å². The monoisotopic (exact) mass is 294 g/mol. The highest BCUT2D eigenvalue weighted by atomic mass is 32.2. The highest BCUT2D eigenvalue weighted by Gasteiger charge is 2.10. The summed E-state index contributed by atoms with van der Waals surface area (Å²) in [7, 11) is 0. The molecule has 3 aromatic carbocycles. The molecule has 2 nitrogen and oxygen atoms in total. The lowest BCUT2D eigenvalue weighted by Gasteiger charge is -2.08. The zero-order chi connectivity index (χ0) is 14.7. The second kappa shape index (κ2) is 6.02. The van der Waals surface area contributed by atoms with Gasteiger partial charge in [-0.05, 0) is 28.5 Å². The molecule has 3 aromatic rings. The van der Waals surface area contributed by atoms with Gasteiger partial charge < -0.3 is 5.11 Å². The Labute approximate surface area is 127 Å². The van der Waals surface area contributed by atoms with Crippen LogP contribution in [0.15, 0.2) is 71.6 Å². The standard InChI is InChI=1S/C18H14O2S/c19-18(20)16-10-3-4-11-17(16)21-12-14-8-5-7-13-6-1-2-9-15(13)14/h1-11H,12H2,(H,19,20). The summed E-state index contributed by atoms with van der Waals surface area (Å²) < 4.78 is 0. The van der Waals surface area contributed by atoms with Crippen molar-refractivity contribution in [2.75, 3.05) is 0 Å². The third kappa shape index (κ3) is 2.93. The summed E-state index contributed by atoms with van der Waals surface area (Å²) in [6.07, 6.45) is 0. The SMILES string of the molecule is O=C(O)c1ccccc1SCc1cccc2ccccc12. The van der Waals surface area contributed by atoms with Crippen molar-refractivity contribution < 1.29 is 9.90 Å². The van der Waals surface area contributed by atoms with Crippen LogP contribution in [0.4, 0.5) is 0 Å². The molecule has 3 heteroatoms. The Kier molecular flexibility index (Phi) is 3.93. The van der Waals surface area contributed by atoms with Gasteiger partial charge in [-0.1, -0.05) is 54.6 Å². The molecule has 0 fully saturated rings. The summed E-state index contributed by atoms with van der Waals surface area (Å²) in [5, 5.41) is 11.7. The van der Waals surface area contributed by atoms with Crippen molar-refractivity contribution in [3.8, 4) is 0 Å². The maximum Gasteiger partial charge on any atom is 0.336 e. The van der Waals surface area contributed by atoms with Crippen LogP contribution in [0.3, 0.4) is 0 Å². The van der Waals surface area contributed by atoms with Crippen molar-refractivity contribution in [2.45, 2.75) is 10.6 Å². The lowest BCUT2D eigenvalue weighted by Crippen LogP contribution is -1.98. The molecule has 0 saturated carbocycles. The van der Waals surface area contributed by atoms with E-state index in [2.05, 4.69) is 24.3 Å². The largest absolute Gasteiger partial charge is 0.478 e. The minimum Gasteiger partial charge on any atom is -0.478 e. The maximum absolute atomic E-state index is 11.2. The Morgan fingerprint density at radius 1 is 0.905 bits per heavy atom. The highest BCUT2D eigenvalue weighted by molar-refractivity contribution is 7.98. The molecular formula is C18H14O2S. The van der Waals surface area contributed by atoms with Crippen LogP contribution in [0.5, 0.6) is 0 Å². The fraction of sp³-hybridized carbons (Fsp3) is 0.0556. The van der Waals surface area contributed by atoms with Gasteiger partial charge in [-0.2, -0.15) is 0 Å². The van der Waals surface area contributed by atoms with E-state index in [1.165, 1.54) is 16.3 Å². The predicted molar refractivity (Wildman–Crippen MR) is 86.9 cm³/mol. The minimum atomic E-state index is -0.879. The Bertz CT molecular complexity index is 791. The average molecular weight is 294 g/mol. The van der Waals surface area contributed by atoms with E-state index in [1.807, 2.05) is 30.3 Å². The molecular weight excluding hydrogens is 280 g/mol. The van der Waals surface area contributed by atoms with E-state index in [4.69, 9.17) is 0 Å². The molecule has 0 bridgehead atoms. The van der Waals surface area contributed by atoms with Crippen LogP contribution in [-0.4, -0.2) is 11.1 Å². The van der Waals surface area contributed by atoms with Gasteiger partial charge in [-0.25, -0.2) is 4.79 Å². The number of benzene rings is 3. The smallest absolute Gasteiger partial charge is 0.336 e. The van der Waals surface area contributed by atoms with E-state index in [1.54, 1.807) is 23.9 Å². The Hall–Kier alpha value is -2.26. The molecule has 1 N–H and O–H groups in total. The van der Waals surface area contributed by atoms with Crippen LogP contribution in [0, 0.1) is 0 Å². The number of carbonyl (C=O) groups is 1.